The maximum Gasteiger partial charge on any atom is 0.419 e. The van der Waals surface area contributed by atoms with Gasteiger partial charge in [0.2, 0.25) is 0 Å². The monoisotopic (exact) mass is 249 g/mol. The third-order valence-electron chi connectivity index (χ3n) is 3.60. The number of rotatable bonds is 3. The van der Waals surface area contributed by atoms with E-state index in [0.29, 0.717) is 5.58 Å². The molecule has 3 N–H and O–H groups in total. The van der Waals surface area contributed by atoms with E-state index >= 15 is 0 Å². The summed E-state index contributed by atoms with van der Waals surface area (Å²) in [6.45, 7) is 4.06. The van der Waals surface area contributed by atoms with Gasteiger partial charge in [-0.15, -0.1) is 0 Å². The van der Waals surface area contributed by atoms with E-state index < -0.39 is 0 Å². The highest BCUT2D eigenvalue weighted by Crippen LogP contribution is 2.25. The summed E-state index contributed by atoms with van der Waals surface area (Å²) in [4.78, 5) is 11.4. The molecular weight excluding hydrogens is 230 g/mol. The maximum atomic E-state index is 11.4. The molecule has 5 heteroatoms. The molecular formula is C13H19N3O2. The highest BCUT2D eigenvalue weighted by molar-refractivity contribution is 5.73. The molecule has 1 aromatic heterocycles. The first-order valence-electron chi connectivity index (χ1n) is 5.91. The minimum Gasteiger partial charge on any atom is -0.408 e. The summed E-state index contributed by atoms with van der Waals surface area (Å²) in [5.74, 6) is -0.358. The van der Waals surface area contributed by atoms with Gasteiger partial charge in [0, 0.05) is 18.6 Å². The van der Waals surface area contributed by atoms with Gasteiger partial charge >= 0.3 is 5.76 Å². The fourth-order valence-corrected chi connectivity index (χ4v) is 1.92. The van der Waals surface area contributed by atoms with Crippen molar-refractivity contribution in [2.24, 2.45) is 12.8 Å². The average molecular weight is 249 g/mol. The van der Waals surface area contributed by atoms with Gasteiger partial charge in [0.1, 0.15) is 0 Å². The molecule has 1 unspecified atom stereocenters. The molecule has 0 aliphatic carbocycles. The van der Waals surface area contributed by atoms with E-state index in [1.807, 2.05) is 39.1 Å². The standard InChI is InChI=1S/C13H19N3O2/c1-13(2,15-3)11(14)8-5-6-9-10(7-8)18-12(17)16(9)4/h5-7,11,15H,14H2,1-4H3. The van der Waals surface area contributed by atoms with Crippen molar-refractivity contribution in [1.29, 1.82) is 0 Å². The summed E-state index contributed by atoms with van der Waals surface area (Å²) < 4.78 is 6.65. The van der Waals surface area contributed by atoms with Gasteiger partial charge in [-0.05, 0) is 38.6 Å². The lowest BCUT2D eigenvalue weighted by Gasteiger charge is -2.31. The first-order chi connectivity index (χ1) is 8.36. The van der Waals surface area contributed by atoms with Gasteiger partial charge in [-0.2, -0.15) is 0 Å². The first kappa shape index (κ1) is 12.9. The Balaban J connectivity index is 2.51. The molecule has 0 radical (unpaired) electrons. The molecule has 5 nitrogen and oxygen atoms in total. The average Bonchev–Trinajstić information content (AvgIpc) is 2.63. The Morgan fingerprint density at radius 2 is 2.11 bits per heavy atom. The zero-order valence-corrected chi connectivity index (χ0v) is 11.2. The van der Waals surface area contributed by atoms with E-state index in [4.69, 9.17) is 10.2 Å². The van der Waals surface area contributed by atoms with Gasteiger partial charge in [-0.3, -0.25) is 4.57 Å². The normalized spacial score (nSPS) is 14.1. The third-order valence-corrected chi connectivity index (χ3v) is 3.60. The van der Waals surface area contributed by atoms with Crippen LogP contribution in [0.4, 0.5) is 0 Å². The fraction of sp³-hybridized carbons (Fsp3) is 0.462. The summed E-state index contributed by atoms with van der Waals surface area (Å²) in [6, 6.07) is 5.44. The molecule has 0 bridgehead atoms. The number of hydrogen-bond donors (Lipinski definition) is 2. The molecule has 0 fully saturated rings. The molecule has 1 heterocycles. The van der Waals surface area contributed by atoms with Crippen molar-refractivity contribution in [3.05, 3.63) is 34.3 Å². The third kappa shape index (κ3) is 1.95. The summed E-state index contributed by atoms with van der Waals surface area (Å²) in [7, 11) is 3.56. The van der Waals surface area contributed by atoms with Crippen LogP contribution in [0.5, 0.6) is 0 Å². The lowest BCUT2D eigenvalue weighted by molar-refractivity contribution is 0.348. The number of oxazole rings is 1. The number of benzene rings is 1. The van der Waals surface area contributed by atoms with Gasteiger partial charge in [-0.25, -0.2) is 4.79 Å². The molecule has 0 saturated carbocycles. The van der Waals surface area contributed by atoms with Gasteiger partial charge in [0.25, 0.3) is 0 Å². The van der Waals surface area contributed by atoms with Crippen LogP contribution >= 0.6 is 0 Å². The molecule has 18 heavy (non-hydrogen) atoms. The smallest absolute Gasteiger partial charge is 0.408 e. The van der Waals surface area contributed by atoms with Crippen molar-refractivity contribution in [1.82, 2.24) is 9.88 Å². The summed E-state index contributed by atoms with van der Waals surface area (Å²) in [5, 5.41) is 3.18. The molecule has 1 atom stereocenters. The number of nitrogens with two attached hydrogens (primary N) is 1. The van der Waals surface area contributed by atoms with Crippen molar-refractivity contribution in [3.63, 3.8) is 0 Å². The number of likely N-dealkylation sites (N-methyl/N-ethyl adjacent to an activating group) is 1. The number of aromatic nitrogens is 1. The molecule has 2 rings (SSSR count). The van der Waals surface area contributed by atoms with Crippen molar-refractivity contribution in [3.8, 4) is 0 Å². The van der Waals surface area contributed by atoms with Gasteiger partial charge in [0.15, 0.2) is 5.58 Å². The van der Waals surface area contributed by atoms with E-state index in [1.54, 1.807) is 7.05 Å². The zero-order valence-electron chi connectivity index (χ0n) is 11.2. The van der Waals surface area contributed by atoms with Crippen molar-refractivity contribution in [2.45, 2.75) is 25.4 Å². The summed E-state index contributed by atoms with van der Waals surface area (Å²) >= 11 is 0. The fourth-order valence-electron chi connectivity index (χ4n) is 1.92. The van der Waals surface area contributed by atoms with Crippen LogP contribution in [-0.2, 0) is 7.05 Å². The van der Waals surface area contributed by atoms with E-state index in [9.17, 15) is 4.79 Å². The van der Waals surface area contributed by atoms with E-state index in [1.165, 1.54) is 4.57 Å². The first-order valence-corrected chi connectivity index (χ1v) is 5.91. The Bertz CT molecular complexity index is 625. The number of fused-ring (bicyclic) bond motifs is 1. The van der Waals surface area contributed by atoms with Crippen molar-refractivity contribution < 1.29 is 4.42 Å². The number of nitrogens with one attached hydrogen (secondary N) is 1. The second-order valence-electron chi connectivity index (χ2n) is 5.10. The lowest BCUT2D eigenvalue weighted by Crippen LogP contribution is -2.46. The lowest BCUT2D eigenvalue weighted by atomic mass is 9.89. The molecule has 0 amide bonds. The predicted molar refractivity (Wildman–Crippen MR) is 71.5 cm³/mol. The Labute approximate surface area is 106 Å². The Morgan fingerprint density at radius 1 is 1.44 bits per heavy atom. The quantitative estimate of drug-likeness (QED) is 0.855. The van der Waals surface area contributed by atoms with Crippen LogP contribution in [0.25, 0.3) is 11.1 Å². The van der Waals surface area contributed by atoms with Crippen LogP contribution < -0.4 is 16.8 Å². The van der Waals surface area contributed by atoms with Crippen LogP contribution in [0, 0.1) is 0 Å². The van der Waals surface area contributed by atoms with Crippen LogP contribution in [0.1, 0.15) is 25.5 Å². The van der Waals surface area contributed by atoms with Crippen LogP contribution in [0.15, 0.2) is 27.4 Å². The number of nitrogens with zero attached hydrogens (tertiary/aromatic N) is 1. The largest absolute Gasteiger partial charge is 0.419 e. The zero-order chi connectivity index (χ0) is 13.5. The van der Waals surface area contributed by atoms with E-state index in [0.717, 1.165) is 11.1 Å². The molecule has 0 saturated heterocycles. The Hall–Kier alpha value is -1.59. The Morgan fingerprint density at radius 3 is 2.72 bits per heavy atom. The van der Waals surface area contributed by atoms with Gasteiger partial charge in [0.05, 0.1) is 5.52 Å². The second kappa shape index (κ2) is 4.26. The molecule has 0 spiro atoms. The van der Waals surface area contributed by atoms with E-state index in [-0.39, 0.29) is 17.3 Å². The molecule has 0 aliphatic heterocycles. The van der Waals surface area contributed by atoms with Crippen LogP contribution in [-0.4, -0.2) is 17.2 Å². The van der Waals surface area contributed by atoms with Crippen molar-refractivity contribution >= 4 is 11.1 Å². The Kier molecular flexibility index (Phi) is 3.04. The number of hydrogen-bond acceptors (Lipinski definition) is 4. The topological polar surface area (TPSA) is 73.2 Å². The number of aryl methyl sites for hydroxylation is 1. The highest BCUT2D eigenvalue weighted by atomic mass is 16.4. The summed E-state index contributed by atoms with van der Waals surface area (Å²) in [6.07, 6.45) is 0. The summed E-state index contributed by atoms with van der Waals surface area (Å²) in [5.41, 5.74) is 8.29. The molecule has 1 aromatic carbocycles. The highest BCUT2D eigenvalue weighted by Gasteiger charge is 2.26. The van der Waals surface area contributed by atoms with Crippen LogP contribution in [0.3, 0.4) is 0 Å². The minimum absolute atomic E-state index is 0.183. The van der Waals surface area contributed by atoms with E-state index in [2.05, 4.69) is 5.32 Å². The second-order valence-corrected chi connectivity index (χ2v) is 5.10. The van der Waals surface area contributed by atoms with Crippen LogP contribution in [0.2, 0.25) is 0 Å². The van der Waals surface area contributed by atoms with Gasteiger partial charge in [-0.1, -0.05) is 6.07 Å². The molecule has 0 aliphatic rings. The predicted octanol–water partition coefficient (Wildman–Crippen LogP) is 1.13. The SMILES string of the molecule is CNC(C)(C)C(N)c1ccc2c(c1)oc(=O)n2C. The molecule has 2 aromatic rings. The maximum absolute atomic E-state index is 11.4. The minimum atomic E-state index is -0.358. The van der Waals surface area contributed by atoms with Crippen molar-refractivity contribution in [2.75, 3.05) is 7.05 Å². The van der Waals surface area contributed by atoms with Gasteiger partial charge < -0.3 is 15.5 Å². The molecule has 98 valence electrons.